The van der Waals surface area contributed by atoms with E-state index in [0.29, 0.717) is 0 Å². The minimum Gasteiger partial charge on any atom is -0.396 e. The largest absolute Gasteiger partial charge is 0.396 e. The standard InChI is InChI=1S/C16H18FN3O3/c1-10(9-21)11(2)18-16(23)13-7-8-15(22)20(19-13)14-6-4-3-5-12(14)17/h3-8,10-11,21H,9H2,1-2H3,(H,18,23). The fraction of sp³-hybridized carbons (Fsp3) is 0.312. The zero-order valence-corrected chi connectivity index (χ0v) is 12.9. The molecule has 0 saturated heterocycles. The predicted molar refractivity (Wildman–Crippen MR) is 83.0 cm³/mol. The number of benzene rings is 1. The number of nitrogens with one attached hydrogen (secondary N) is 1. The van der Waals surface area contributed by atoms with Gasteiger partial charge in [0.25, 0.3) is 11.5 Å². The van der Waals surface area contributed by atoms with Crippen molar-refractivity contribution in [1.82, 2.24) is 15.1 Å². The number of rotatable bonds is 5. The number of aliphatic hydroxyl groups excluding tert-OH is 1. The van der Waals surface area contributed by atoms with Gasteiger partial charge in [0.2, 0.25) is 0 Å². The predicted octanol–water partition coefficient (Wildman–Crippen LogP) is 1.12. The zero-order valence-electron chi connectivity index (χ0n) is 12.9. The first-order chi connectivity index (χ1) is 10.9. The van der Waals surface area contributed by atoms with Gasteiger partial charge in [-0.25, -0.2) is 4.39 Å². The van der Waals surface area contributed by atoms with Crippen LogP contribution in [0.15, 0.2) is 41.2 Å². The van der Waals surface area contributed by atoms with Gasteiger partial charge < -0.3 is 10.4 Å². The van der Waals surface area contributed by atoms with Gasteiger partial charge in [-0.1, -0.05) is 19.1 Å². The first-order valence-electron chi connectivity index (χ1n) is 7.21. The molecular formula is C16H18FN3O3. The molecule has 2 N–H and O–H groups in total. The Hall–Kier alpha value is -2.54. The third kappa shape index (κ3) is 3.81. The summed E-state index contributed by atoms with van der Waals surface area (Å²) < 4.78 is 14.7. The van der Waals surface area contributed by atoms with Gasteiger partial charge in [-0.05, 0) is 31.0 Å². The highest BCUT2D eigenvalue weighted by Crippen LogP contribution is 2.09. The second-order valence-electron chi connectivity index (χ2n) is 5.34. The lowest BCUT2D eigenvalue weighted by atomic mass is 10.1. The molecule has 0 fully saturated rings. The van der Waals surface area contributed by atoms with Crippen LogP contribution in [0.25, 0.3) is 5.69 Å². The Morgan fingerprint density at radius 1 is 1.30 bits per heavy atom. The van der Waals surface area contributed by atoms with Crippen LogP contribution in [0.3, 0.4) is 0 Å². The minimum atomic E-state index is -0.609. The summed E-state index contributed by atoms with van der Waals surface area (Å²) in [5.41, 5.74) is -0.572. The van der Waals surface area contributed by atoms with E-state index in [4.69, 9.17) is 5.11 Å². The van der Waals surface area contributed by atoms with Gasteiger partial charge in [-0.15, -0.1) is 0 Å². The Kier molecular flexibility index (Phi) is 5.23. The molecule has 6 nitrogen and oxygen atoms in total. The summed E-state index contributed by atoms with van der Waals surface area (Å²) in [6.07, 6.45) is 0. The Labute approximate surface area is 132 Å². The van der Waals surface area contributed by atoms with Crippen LogP contribution in [0.1, 0.15) is 24.3 Å². The highest BCUT2D eigenvalue weighted by Gasteiger charge is 2.17. The van der Waals surface area contributed by atoms with Gasteiger partial charge >= 0.3 is 0 Å². The van der Waals surface area contributed by atoms with Crippen LogP contribution in [0, 0.1) is 11.7 Å². The summed E-state index contributed by atoms with van der Waals surface area (Å²) >= 11 is 0. The number of hydrogen-bond donors (Lipinski definition) is 2. The SMILES string of the molecule is CC(CO)C(C)NC(=O)c1ccc(=O)n(-c2ccccc2F)n1. The average Bonchev–Trinajstić information content (AvgIpc) is 2.55. The summed E-state index contributed by atoms with van der Waals surface area (Å²) in [5, 5.41) is 15.7. The van der Waals surface area contributed by atoms with Crippen LogP contribution in [0.5, 0.6) is 0 Å². The second-order valence-corrected chi connectivity index (χ2v) is 5.34. The third-order valence-electron chi connectivity index (χ3n) is 3.61. The zero-order chi connectivity index (χ0) is 17.0. The molecule has 1 amide bonds. The van der Waals surface area contributed by atoms with E-state index in [9.17, 15) is 14.0 Å². The Morgan fingerprint density at radius 3 is 2.65 bits per heavy atom. The van der Waals surface area contributed by atoms with Crippen LogP contribution in [0.2, 0.25) is 0 Å². The Bertz CT molecular complexity index is 760. The Morgan fingerprint density at radius 2 is 2.00 bits per heavy atom. The number of aliphatic hydroxyl groups is 1. The molecule has 23 heavy (non-hydrogen) atoms. The molecule has 0 spiro atoms. The van der Waals surface area contributed by atoms with E-state index in [-0.39, 0.29) is 29.9 Å². The number of halogens is 1. The molecule has 7 heteroatoms. The monoisotopic (exact) mass is 319 g/mol. The van der Waals surface area contributed by atoms with E-state index in [1.165, 1.54) is 24.3 Å². The smallest absolute Gasteiger partial charge is 0.271 e. The normalized spacial score (nSPS) is 13.4. The molecule has 1 aromatic heterocycles. The van der Waals surface area contributed by atoms with Crippen LogP contribution in [-0.4, -0.2) is 33.4 Å². The molecule has 0 aliphatic carbocycles. The van der Waals surface area contributed by atoms with Gasteiger partial charge in [0.1, 0.15) is 17.2 Å². The first kappa shape index (κ1) is 16.8. The fourth-order valence-electron chi connectivity index (χ4n) is 1.91. The highest BCUT2D eigenvalue weighted by molar-refractivity contribution is 5.92. The molecule has 0 aliphatic heterocycles. The number of carbonyl (C=O) groups is 1. The van der Waals surface area contributed by atoms with E-state index in [0.717, 1.165) is 10.7 Å². The van der Waals surface area contributed by atoms with Crippen molar-refractivity contribution in [1.29, 1.82) is 0 Å². The molecule has 0 aliphatic rings. The van der Waals surface area contributed by atoms with Crippen LogP contribution in [-0.2, 0) is 0 Å². The van der Waals surface area contributed by atoms with Crippen molar-refractivity contribution in [2.75, 3.05) is 6.61 Å². The molecular weight excluding hydrogens is 301 g/mol. The summed E-state index contributed by atoms with van der Waals surface area (Å²) in [7, 11) is 0. The van der Waals surface area contributed by atoms with E-state index in [2.05, 4.69) is 10.4 Å². The molecule has 0 saturated carbocycles. The Balaban J connectivity index is 2.33. The van der Waals surface area contributed by atoms with Gasteiger partial charge in [0.05, 0.1) is 0 Å². The molecule has 2 rings (SSSR count). The number of nitrogens with zero attached hydrogens (tertiary/aromatic N) is 2. The summed E-state index contributed by atoms with van der Waals surface area (Å²) in [6.45, 7) is 3.48. The number of para-hydroxylation sites is 1. The maximum absolute atomic E-state index is 13.8. The lowest BCUT2D eigenvalue weighted by Gasteiger charge is -2.19. The van der Waals surface area contributed by atoms with Gasteiger partial charge in [0, 0.05) is 18.7 Å². The van der Waals surface area contributed by atoms with Crippen molar-refractivity contribution >= 4 is 5.91 Å². The summed E-state index contributed by atoms with van der Waals surface area (Å²) in [6, 6.07) is 7.86. The average molecular weight is 319 g/mol. The molecule has 2 unspecified atom stereocenters. The van der Waals surface area contributed by atoms with Crippen molar-refractivity contribution < 1.29 is 14.3 Å². The van der Waals surface area contributed by atoms with Crippen molar-refractivity contribution in [3.05, 3.63) is 58.3 Å². The van der Waals surface area contributed by atoms with Gasteiger partial charge in [0.15, 0.2) is 0 Å². The maximum Gasteiger partial charge on any atom is 0.271 e. The van der Waals surface area contributed by atoms with E-state index < -0.39 is 17.3 Å². The number of amides is 1. The van der Waals surface area contributed by atoms with Crippen molar-refractivity contribution in [2.45, 2.75) is 19.9 Å². The number of carbonyl (C=O) groups excluding carboxylic acids is 1. The van der Waals surface area contributed by atoms with Gasteiger partial charge in [-0.2, -0.15) is 9.78 Å². The van der Waals surface area contributed by atoms with Crippen molar-refractivity contribution in [3.8, 4) is 5.69 Å². The maximum atomic E-state index is 13.8. The summed E-state index contributed by atoms with van der Waals surface area (Å²) in [5.74, 6) is -1.23. The lowest BCUT2D eigenvalue weighted by molar-refractivity contribution is 0.0909. The van der Waals surface area contributed by atoms with Crippen LogP contribution < -0.4 is 10.9 Å². The van der Waals surface area contributed by atoms with Gasteiger partial charge in [-0.3, -0.25) is 9.59 Å². The number of hydrogen-bond acceptors (Lipinski definition) is 4. The molecule has 2 atom stereocenters. The quantitative estimate of drug-likeness (QED) is 0.865. The van der Waals surface area contributed by atoms with Crippen molar-refractivity contribution in [3.63, 3.8) is 0 Å². The molecule has 1 aromatic carbocycles. The second kappa shape index (κ2) is 7.15. The highest BCUT2D eigenvalue weighted by atomic mass is 19.1. The number of aromatic nitrogens is 2. The first-order valence-corrected chi connectivity index (χ1v) is 7.21. The van der Waals surface area contributed by atoms with Crippen LogP contribution >= 0.6 is 0 Å². The fourth-order valence-corrected chi connectivity index (χ4v) is 1.91. The van der Waals surface area contributed by atoms with E-state index in [1.54, 1.807) is 19.9 Å². The van der Waals surface area contributed by atoms with E-state index >= 15 is 0 Å². The minimum absolute atomic E-state index is 0.00940. The third-order valence-corrected chi connectivity index (χ3v) is 3.61. The molecule has 1 heterocycles. The topological polar surface area (TPSA) is 84.2 Å². The molecule has 0 bridgehead atoms. The van der Waals surface area contributed by atoms with Crippen molar-refractivity contribution in [2.24, 2.45) is 5.92 Å². The summed E-state index contributed by atoms with van der Waals surface area (Å²) in [4.78, 5) is 24.1. The molecule has 2 aromatic rings. The van der Waals surface area contributed by atoms with Crippen LogP contribution in [0.4, 0.5) is 4.39 Å². The lowest BCUT2D eigenvalue weighted by Crippen LogP contribution is -2.39. The molecule has 122 valence electrons. The van der Waals surface area contributed by atoms with E-state index in [1.807, 2.05) is 0 Å². The molecule has 0 radical (unpaired) electrons.